The lowest BCUT2D eigenvalue weighted by molar-refractivity contribution is -0.277. The van der Waals surface area contributed by atoms with Crippen LogP contribution in [0, 0.1) is 5.92 Å². The fraction of sp³-hybridized carbons (Fsp3) is 0.743. The Morgan fingerprint density at radius 3 is 2.21 bits per heavy atom. The first-order valence-corrected chi connectivity index (χ1v) is 21.8. The normalized spacial score (nSPS) is 26.6. The van der Waals surface area contributed by atoms with Crippen LogP contribution in [0.4, 0.5) is 0 Å². The predicted molar refractivity (Wildman–Crippen MR) is 212 cm³/mol. The van der Waals surface area contributed by atoms with E-state index in [1.807, 2.05) is 0 Å². The molecule has 0 saturated carbocycles. The van der Waals surface area contributed by atoms with Crippen molar-refractivity contribution in [2.24, 2.45) is 5.92 Å². The number of hydrogen-bond acceptors (Lipinski definition) is 17. The summed E-state index contributed by atoms with van der Waals surface area (Å²) in [6.45, 7) is 1.64. The Morgan fingerprint density at radius 1 is 0.914 bits per heavy atom. The van der Waals surface area contributed by atoms with Gasteiger partial charge >= 0.3 is 30.3 Å². The van der Waals surface area contributed by atoms with Crippen LogP contribution in [0.1, 0.15) is 78.9 Å². The van der Waals surface area contributed by atoms with Crippen LogP contribution in [0.15, 0.2) is 21.9 Å². The molecule has 3 heterocycles. The van der Waals surface area contributed by atoms with Crippen molar-refractivity contribution in [3.05, 3.63) is 33.1 Å². The molecule has 1 aromatic rings. The second-order valence-electron chi connectivity index (χ2n) is 13.7. The minimum atomic E-state index is -3.63. The van der Waals surface area contributed by atoms with Gasteiger partial charge in [-0.1, -0.05) is 25.1 Å². The zero-order valence-electron chi connectivity index (χ0n) is 33.4. The summed E-state index contributed by atoms with van der Waals surface area (Å²) in [5.41, 5.74) is -1.22. The molecule has 0 spiro atoms. The van der Waals surface area contributed by atoms with Crippen molar-refractivity contribution in [1.82, 2.24) is 20.2 Å². The van der Waals surface area contributed by atoms with E-state index in [1.165, 1.54) is 51.8 Å². The van der Waals surface area contributed by atoms with Crippen LogP contribution in [0.2, 0.25) is 0 Å². The number of unbranched alkanes of at least 4 members (excludes halogenated alkanes) is 3. The lowest BCUT2D eigenvalue weighted by atomic mass is 9.94. The highest BCUT2D eigenvalue weighted by Crippen LogP contribution is 2.50. The molecule has 4 N–H and O–H groups in total. The van der Waals surface area contributed by atoms with Crippen LogP contribution >= 0.6 is 18.9 Å². The first-order chi connectivity index (χ1) is 27.5. The highest BCUT2D eigenvalue weighted by Gasteiger charge is 2.51. The summed E-state index contributed by atoms with van der Waals surface area (Å²) >= 11 is 10.7. The topological polar surface area (TPSA) is 250 Å². The molecule has 1 aromatic heterocycles. The fourth-order valence-electron chi connectivity index (χ4n) is 6.67. The van der Waals surface area contributed by atoms with Gasteiger partial charge in [-0.15, -0.1) is 0 Å². The van der Waals surface area contributed by atoms with Gasteiger partial charge in [0.2, 0.25) is 5.91 Å². The first kappa shape index (κ1) is 49.2. The molecule has 328 valence electrons. The summed E-state index contributed by atoms with van der Waals surface area (Å²) in [6.07, 6.45) is -0.959. The van der Waals surface area contributed by atoms with Gasteiger partial charge in [0.25, 0.3) is 5.56 Å². The molecule has 0 aliphatic carbocycles. The van der Waals surface area contributed by atoms with E-state index in [2.05, 4.69) is 15.6 Å². The van der Waals surface area contributed by atoms with Crippen molar-refractivity contribution in [3.63, 3.8) is 0 Å². The molecule has 2 aliphatic rings. The van der Waals surface area contributed by atoms with E-state index in [0.717, 1.165) is 26.2 Å². The fourth-order valence-corrected chi connectivity index (χ4v) is 7.90. The number of hydrogen-bond donors (Lipinski definition) is 4. The summed E-state index contributed by atoms with van der Waals surface area (Å²) < 4.78 is 51.7. The van der Waals surface area contributed by atoms with Gasteiger partial charge in [-0.2, -0.15) is 0 Å². The van der Waals surface area contributed by atoms with Crippen LogP contribution < -0.4 is 21.9 Å². The average Bonchev–Trinajstić information content (AvgIpc) is 3.45. The minimum absolute atomic E-state index is 0.0853. The first-order valence-electron chi connectivity index (χ1n) is 18.8. The zero-order chi connectivity index (χ0) is 43.0. The van der Waals surface area contributed by atoms with Crippen molar-refractivity contribution in [2.75, 3.05) is 40.6 Å². The highest BCUT2D eigenvalue weighted by atomic mass is 32.5. The van der Waals surface area contributed by atoms with Gasteiger partial charge in [-0.25, -0.2) is 4.79 Å². The monoisotopic (exact) mass is 882 g/mol. The Kier molecular flexibility index (Phi) is 20.5. The molecule has 23 heteroatoms. The largest absolute Gasteiger partial charge is 0.463 e. The maximum atomic E-state index is 12.7. The van der Waals surface area contributed by atoms with E-state index in [-0.39, 0.29) is 19.8 Å². The van der Waals surface area contributed by atoms with E-state index >= 15 is 0 Å². The van der Waals surface area contributed by atoms with Crippen molar-refractivity contribution < 1.29 is 66.3 Å². The Bertz CT molecular complexity index is 1710. The molecular formula is C35H55N4O16PS2. The van der Waals surface area contributed by atoms with E-state index in [9.17, 15) is 33.7 Å². The molecule has 2 fully saturated rings. The molecule has 2 aliphatic heterocycles. The molecule has 3 rings (SSSR count). The molecule has 10 atom stereocenters. The predicted octanol–water partition coefficient (Wildman–Crippen LogP) is 1.27. The number of ether oxygens (including phenoxy) is 7. The van der Waals surface area contributed by atoms with E-state index in [0.29, 0.717) is 37.2 Å². The van der Waals surface area contributed by atoms with Crippen molar-refractivity contribution in [2.45, 2.75) is 122 Å². The van der Waals surface area contributed by atoms with Gasteiger partial charge < -0.3 is 57.7 Å². The number of amides is 1. The number of aromatic nitrogens is 2. The number of esters is 3. The third-order valence-corrected chi connectivity index (χ3v) is 11.1. The lowest BCUT2D eigenvalue weighted by Crippen LogP contribution is -2.66. The number of carbonyl (C=O) groups excluding carboxylic acids is 4. The number of thiocarbonyl (C=S) groups is 1. The summed E-state index contributed by atoms with van der Waals surface area (Å²) in [5.74, 6) is -2.95. The highest BCUT2D eigenvalue weighted by molar-refractivity contribution is 8.07. The molecule has 1 amide bonds. The van der Waals surface area contributed by atoms with Gasteiger partial charge in [-0.05, 0) is 43.9 Å². The number of H-pyrrole nitrogens is 1. The van der Waals surface area contributed by atoms with E-state index < -0.39 is 96.8 Å². The zero-order valence-corrected chi connectivity index (χ0v) is 35.9. The molecule has 0 aromatic carbocycles. The van der Waals surface area contributed by atoms with Crippen LogP contribution in [0.3, 0.4) is 0 Å². The standard InChI is InChI=1S/C35H55N4O16PS2/c1-20(40)37-29-32(52-23(4)43)31(51-22(3)42)26(19-50-21(2)41)54-34(29)49-17-10-8-7-9-13-28(57)36-15-11-12-24-30(55-56(46,58)48-6)25(18-47-5)53-33(24)39-16-14-27(44)38-35(39)45/h14,16,24-26,29-34H,7-13,15,17-19H2,1-6H3,(H,36,57)(H,37,40)(H,46,58)(H,38,44,45)/t24-,25+,26+,29+,30?,31-,32+,33+,34+,56?/m0/s1. The van der Waals surface area contributed by atoms with Crippen LogP contribution in [0.5, 0.6) is 0 Å². The summed E-state index contributed by atoms with van der Waals surface area (Å²) in [4.78, 5) is 85.6. The minimum Gasteiger partial charge on any atom is -0.463 e. The summed E-state index contributed by atoms with van der Waals surface area (Å²) in [5, 5.41) is 5.93. The molecule has 2 saturated heterocycles. The van der Waals surface area contributed by atoms with Crippen LogP contribution in [0.25, 0.3) is 0 Å². The third kappa shape index (κ3) is 15.8. The molecule has 2 unspecified atom stereocenters. The Labute approximate surface area is 346 Å². The van der Waals surface area contributed by atoms with Crippen molar-refractivity contribution in [3.8, 4) is 0 Å². The maximum Gasteiger partial charge on any atom is 0.330 e. The number of nitrogens with one attached hydrogen (secondary N) is 3. The number of methoxy groups -OCH3 is 1. The summed E-state index contributed by atoms with van der Waals surface area (Å²) in [7, 11) is 2.72. The average molecular weight is 883 g/mol. The Hall–Kier alpha value is -3.18. The van der Waals surface area contributed by atoms with E-state index in [1.54, 1.807) is 0 Å². The van der Waals surface area contributed by atoms with Gasteiger partial charge in [0.1, 0.15) is 37.2 Å². The van der Waals surface area contributed by atoms with Gasteiger partial charge in [0.15, 0.2) is 18.5 Å². The van der Waals surface area contributed by atoms with Crippen molar-refractivity contribution in [1.29, 1.82) is 0 Å². The molecule has 58 heavy (non-hydrogen) atoms. The number of aromatic amines is 1. The quantitative estimate of drug-likeness (QED) is 0.0397. The second kappa shape index (κ2) is 24.2. The molecule has 20 nitrogen and oxygen atoms in total. The number of carbonyl (C=O) groups is 4. The SMILES string of the molecule is COC[C@H]1O[C@@H](n2ccc(=O)[nH]c2=O)[C@@H](CCCNC(=S)CCCCCCO[C@@H]2O[C@H](COC(C)=O)[C@H](OC(C)=O)[C@H](OC(C)=O)[C@H]2NC(C)=O)C1OP(O)(=S)OC. The molecular weight excluding hydrogens is 828 g/mol. The van der Waals surface area contributed by atoms with Crippen LogP contribution in [-0.4, -0.2) is 127 Å². The molecule has 0 bridgehead atoms. The Balaban J connectivity index is 1.51. The van der Waals surface area contributed by atoms with E-state index in [4.69, 9.17) is 66.2 Å². The second-order valence-corrected chi connectivity index (χ2v) is 17.1. The number of rotatable bonds is 23. The van der Waals surface area contributed by atoms with Gasteiger partial charge in [0, 0.05) is 73.2 Å². The molecule has 0 radical (unpaired) electrons. The van der Waals surface area contributed by atoms with Crippen molar-refractivity contribution >= 4 is 59.5 Å². The van der Waals surface area contributed by atoms with Gasteiger partial charge in [0.05, 0.1) is 11.6 Å². The van der Waals surface area contributed by atoms with Crippen LogP contribution in [-0.2, 0) is 73.2 Å². The number of nitrogens with zero attached hydrogens (tertiary/aromatic N) is 1. The smallest absolute Gasteiger partial charge is 0.330 e. The maximum absolute atomic E-state index is 12.7. The lowest BCUT2D eigenvalue weighted by Gasteiger charge is -2.44. The third-order valence-electron chi connectivity index (χ3n) is 9.10. The Morgan fingerprint density at radius 2 is 1.59 bits per heavy atom. The van der Waals surface area contributed by atoms with Gasteiger partial charge in [-0.3, -0.25) is 33.5 Å². The summed E-state index contributed by atoms with van der Waals surface area (Å²) in [6, 6.07) is 0.174.